The molecular weight excluding hydrogens is 450 g/mol. The molecule has 3 aliphatic rings. The van der Waals surface area contributed by atoms with Gasteiger partial charge >= 0.3 is 12.2 Å². The van der Waals surface area contributed by atoms with Crippen molar-refractivity contribution in [2.75, 3.05) is 7.11 Å². The molecule has 12 nitrogen and oxygen atoms in total. The number of methoxy groups -OCH3 is 1. The Labute approximate surface area is 192 Å². The molecule has 1 aromatic rings. The van der Waals surface area contributed by atoms with Crippen molar-refractivity contribution in [2.45, 2.75) is 38.5 Å². The summed E-state index contributed by atoms with van der Waals surface area (Å²) in [5.41, 5.74) is 4.16. The largest absolute Gasteiger partial charge is 0.496 e. The summed E-state index contributed by atoms with van der Waals surface area (Å²) >= 11 is 0.812. The zero-order valence-electron chi connectivity index (χ0n) is 17.9. The number of aromatic nitrogens is 1. The molecule has 33 heavy (non-hydrogen) atoms. The van der Waals surface area contributed by atoms with Crippen molar-refractivity contribution in [1.82, 2.24) is 15.0 Å². The fourth-order valence-corrected chi connectivity index (χ4v) is 4.76. The smallest absolute Gasteiger partial charge is 0.422 e. The van der Waals surface area contributed by atoms with Gasteiger partial charge in [-0.05, 0) is 44.2 Å². The van der Waals surface area contributed by atoms with E-state index in [2.05, 4.69) is 25.7 Å². The molecule has 0 bridgehead atoms. The van der Waals surface area contributed by atoms with Gasteiger partial charge in [0.15, 0.2) is 5.84 Å². The molecule has 2 amide bonds. The fourth-order valence-electron chi connectivity index (χ4n) is 3.98. The maximum Gasteiger partial charge on any atom is 0.422 e. The van der Waals surface area contributed by atoms with Crippen molar-refractivity contribution in [3.63, 3.8) is 0 Å². The number of ether oxygens (including phenoxy) is 1. The summed E-state index contributed by atoms with van der Waals surface area (Å²) in [5.74, 6) is 0.310. The van der Waals surface area contributed by atoms with Crippen molar-refractivity contribution in [1.29, 1.82) is 5.26 Å². The number of aryl methyl sites for hydroxylation is 1. The molecule has 1 unspecified atom stereocenters. The van der Waals surface area contributed by atoms with Crippen LogP contribution in [0.4, 0.5) is 9.59 Å². The average Bonchev–Trinajstić information content (AvgIpc) is 3.11. The SMILES string of the molecule is COc1c(C)cnc(CN2N=C3CCC4=C3C(=N2)C(N(C(=O)O)C(=O)O)=NSC4C#N)c1C. The summed E-state index contributed by atoms with van der Waals surface area (Å²) in [7, 11) is 1.57. The Morgan fingerprint density at radius 3 is 2.67 bits per heavy atom. The molecule has 3 heterocycles. The highest BCUT2D eigenvalue weighted by Gasteiger charge is 2.42. The summed E-state index contributed by atoms with van der Waals surface area (Å²) in [6.07, 6.45) is -0.748. The summed E-state index contributed by atoms with van der Waals surface area (Å²) in [5, 5.41) is 38.3. The van der Waals surface area contributed by atoms with Gasteiger partial charge < -0.3 is 14.9 Å². The van der Waals surface area contributed by atoms with Gasteiger partial charge in [0.2, 0.25) is 0 Å². The first-order chi connectivity index (χ1) is 15.8. The van der Waals surface area contributed by atoms with Crippen molar-refractivity contribution < 1.29 is 24.5 Å². The Balaban J connectivity index is 1.82. The molecular formula is C20H19N7O5S. The number of amidine groups is 1. The molecule has 0 radical (unpaired) electrons. The van der Waals surface area contributed by atoms with E-state index in [0.29, 0.717) is 41.1 Å². The van der Waals surface area contributed by atoms with Gasteiger partial charge in [0.1, 0.15) is 23.3 Å². The Bertz CT molecular complexity index is 1220. The van der Waals surface area contributed by atoms with Gasteiger partial charge in [-0.2, -0.15) is 29.9 Å². The first kappa shape index (κ1) is 22.3. The summed E-state index contributed by atoms with van der Waals surface area (Å²) in [4.78, 5) is 28.0. The van der Waals surface area contributed by atoms with Crippen LogP contribution in [-0.4, -0.2) is 67.0 Å². The number of hydrazone groups is 2. The van der Waals surface area contributed by atoms with Gasteiger partial charge in [-0.25, -0.2) is 9.59 Å². The second-order valence-electron chi connectivity index (χ2n) is 7.40. The van der Waals surface area contributed by atoms with Crippen LogP contribution in [-0.2, 0) is 6.54 Å². The van der Waals surface area contributed by atoms with Gasteiger partial charge in [-0.1, -0.05) is 0 Å². The number of carboxylic acid groups (broad SMARTS) is 2. The first-order valence-electron chi connectivity index (χ1n) is 9.83. The highest BCUT2D eigenvalue weighted by molar-refractivity contribution is 7.99. The maximum atomic E-state index is 11.7. The lowest BCUT2D eigenvalue weighted by atomic mass is 10.0. The normalized spacial score (nSPS) is 19.0. The molecule has 0 saturated heterocycles. The van der Waals surface area contributed by atoms with E-state index in [0.717, 1.165) is 23.1 Å². The third kappa shape index (κ3) is 3.78. The lowest BCUT2D eigenvalue weighted by Gasteiger charge is -2.25. The van der Waals surface area contributed by atoms with Crippen molar-refractivity contribution in [3.05, 3.63) is 34.2 Å². The van der Waals surface area contributed by atoms with E-state index in [-0.39, 0.29) is 23.0 Å². The van der Waals surface area contributed by atoms with Gasteiger partial charge in [-0.3, -0.25) is 4.98 Å². The van der Waals surface area contributed by atoms with E-state index in [9.17, 15) is 25.1 Å². The minimum atomic E-state index is -1.73. The minimum Gasteiger partial charge on any atom is -0.496 e. The summed E-state index contributed by atoms with van der Waals surface area (Å²) in [6, 6.07) is 2.14. The quantitative estimate of drug-likeness (QED) is 0.633. The highest BCUT2D eigenvalue weighted by atomic mass is 32.2. The fraction of sp³-hybridized carbons (Fsp3) is 0.350. The van der Waals surface area contributed by atoms with Crippen LogP contribution >= 0.6 is 11.9 Å². The van der Waals surface area contributed by atoms with Crippen molar-refractivity contribution in [3.8, 4) is 11.8 Å². The molecule has 2 aliphatic heterocycles. The predicted molar refractivity (Wildman–Crippen MR) is 119 cm³/mol. The standard InChI is InChI=1S/C20H19N7O5S/c1-9-7-22-13(10(2)17(9)32-3)8-26-23-12-5-4-11-14(6-21)33-25-18(16(24-26)15(11)12)27(19(28)29)20(30)31/h7,14H,4-5,8H2,1-3H3,(H,28,29)(H,30,31). The second kappa shape index (κ2) is 8.55. The number of imide groups is 1. The molecule has 0 spiro atoms. The molecule has 0 aromatic carbocycles. The van der Waals surface area contributed by atoms with Crippen LogP contribution in [0.3, 0.4) is 0 Å². The van der Waals surface area contributed by atoms with Gasteiger partial charge in [0.25, 0.3) is 0 Å². The molecule has 1 atom stereocenters. The van der Waals surface area contributed by atoms with E-state index >= 15 is 0 Å². The molecule has 1 aliphatic carbocycles. The number of carbonyl (C=O) groups is 2. The topological polar surface area (TPSA) is 164 Å². The number of hydrogen-bond donors (Lipinski definition) is 2. The third-order valence-electron chi connectivity index (χ3n) is 5.45. The number of pyridine rings is 1. The van der Waals surface area contributed by atoms with E-state index in [4.69, 9.17) is 4.74 Å². The molecule has 0 fully saturated rings. The minimum absolute atomic E-state index is 0.0549. The monoisotopic (exact) mass is 469 g/mol. The highest BCUT2D eigenvalue weighted by Crippen LogP contribution is 2.39. The molecule has 4 rings (SSSR count). The number of rotatable bonds is 3. The van der Waals surface area contributed by atoms with Gasteiger partial charge in [0.05, 0.1) is 24.6 Å². The number of nitriles is 1. The molecule has 1 aromatic heterocycles. The van der Waals surface area contributed by atoms with Crippen molar-refractivity contribution in [2.24, 2.45) is 14.6 Å². The Kier molecular flexibility index (Phi) is 5.77. The first-order valence-corrected chi connectivity index (χ1v) is 10.7. The molecule has 0 saturated carbocycles. The Morgan fingerprint density at radius 1 is 1.30 bits per heavy atom. The van der Waals surface area contributed by atoms with E-state index in [1.807, 2.05) is 13.8 Å². The lowest BCUT2D eigenvalue weighted by Crippen LogP contribution is -2.46. The van der Waals surface area contributed by atoms with Gasteiger partial charge in [-0.15, -0.1) is 0 Å². The molecule has 170 valence electrons. The van der Waals surface area contributed by atoms with Gasteiger partial charge in [0, 0.05) is 22.9 Å². The average molecular weight is 469 g/mol. The maximum absolute atomic E-state index is 11.7. The van der Waals surface area contributed by atoms with Crippen LogP contribution in [0, 0.1) is 25.2 Å². The zero-order chi connectivity index (χ0) is 23.9. The van der Waals surface area contributed by atoms with Crippen LogP contribution in [0.25, 0.3) is 0 Å². The van der Waals surface area contributed by atoms with Crippen LogP contribution in [0.2, 0.25) is 0 Å². The molecule has 2 N–H and O–H groups in total. The second-order valence-corrected chi connectivity index (χ2v) is 8.27. The van der Waals surface area contributed by atoms with Crippen molar-refractivity contribution >= 4 is 41.4 Å². The summed E-state index contributed by atoms with van der Waals surface area (Å²) in [6.45, 7) is 3.88. The molecule has 13 heteroatoms. The number of nitrogens with zero attached hydrogens (tertiary/aromatic N) is 7. The number of amides is 2. The Hall–Kier alpha value is -3.92. The van der Waals surface area contributed by atoms with Crippen LogP contribution < -0.4 is 4.74 Å². The van der Waals surface area contributed by atoms with E-state index in [1.54, 1.807) is 13.3 Å². The predicted octanol–water partition coefficient (Wildman–Crippen LogP) is 2.94. The third-order valence-corrected chi connectivity index (χ3v) is 6.33. The van der Waals surface area contributed by atoms with Crippen LogP contribution in [0.15, 0.2) is 31.9 Å². The number of hydrogen-bond acceptors (Lipinski definition) is 10. The van der Waals surface area contributed by atoms with E-state index < -0.39 is 17.4 Å². The van der Waals surface area contributed by atoms with Crippen LogP contribution in [0.5, 0.6) is 5.75 Å². The lowest BCUT2D eigenvalue weighted by molar-refractivity contribution is 0.145. The Morgan fingerprint density at radius 2 is 2.03 bits per heavy atom. The zero-order valence-corrected chi connectivity index (χ0v) is 18.8. The van der Waals surface area contributed by atoms with E-state index in [1.165, 1.54) is 5.12 Å². The summed E-state index contributed by atoms with van der Waals surface area (Å²) < 4.78 is 9.56. The van der Waals surface area contributed by atoms with Crippen LogP contribution in [0.1, 0.15) is 29.7 Å².